The van der Waals surface area contributed by atoms with Gasteiger partial charge in [-0.05, 0) is 30.5 Å². The molecule has 0 atom stereocenters. The number of benzene rings is 1. The van der Waals surface area contributed by atoms with Crippen LogP contribution in [0, 0.1) is 5.92 Å². The van der Waals surface area contributed by atoms with Gasteiger partial charge in [0.2, 0.25) is 5.91 Å². The van der Waals surface area contributed by atoms with E-state index in [4.69, 9.17) is 10.7 Å². The van der Waals surface area contributed by atoms with Gasteiger partial charge in [-0.25, -0.2) is 8.42 Å². The first-order chi connectivity index (χ1) is 8.38. The van der Waals surface area contributed by atoms with Gasteiger partial charge in [-0.3, -0.25) is 4.79 Å². The molecule has 1 aromatic rings. The Morgan fingerprint density at radius 2 is 1.89 bits per heavy atom. The molecule has 0 spiro atoms. The highest BCUT2D eigenvalue weighted by atomic mass is 35.7. The van der Waals surface area contributed by atoms with Crippen molar-refractivity contribution in [3.63, 3.8) is 0 Å². The zero-order valence-corrected chi connectivity index (χ0v) is 11.5. The van der Waals surface area contributed by atoms with Crippen molar-refractivity contribution in [3.05, 3.63) is 29.8 Å². The molecule has 1 saturated carbocycles. The number of hydrogen-bond acceptors (Lipinski definition) is 3. The van der Waals surface area contributed by atoms with Crippen LogP contribution in [-0.2, 0) is 20.4 Å². The summed E-state index contributed by atoms with van der Waals surface area (Å²) in [5.41, 5.74) is 0.885. The molecule has 1 aliphatic rings. The van der Waals surface area contributed by atoms with Crippen LogP contribution >= 0.6 is 10.7 Å². The summed E-state index contributed by atoms with van der Waals surface area (Å²) in [5, 5.41) is 0. The van der Waals surface area contributed by atoms with Gasteiger partial charge in [0.25, 0.3) is 9.05 Å². The Labute approximate surface area is 111 Å². The molecule has 6 heteroatoms. The Morgan fingerprint density at radius 1 is 1.33 bits per heavy atom. The fourth-order valence-corrected chi connectivity index (χ4v) is 2.52. The highest BCUT2D eigenvalue weighted by Crippen LogP contribution is 2.31. The van der Waals surface area contributed by atoms with Gasteiger partial charge in [-0.2, -0.15) is 0 Å². The zero-order chi connectivity index (χ0) is 13.3. The Kier molecular flexibility index (Phi) is 3.64. The number of hydrogen-bond donors (Lipinski definition) is 0. The Hall–Kier alpha value is -1.07. The maximum atomic E-state index is 11.7. The lowest BCUT2D eigenvalue weighted by Gasteiger charge is -2.17. The van der Waals surface area contributed by atoms with E-state index in [0.717, 1.165) is 18.4 Å². The first kappa shape index (κ1) is 13.4. The van der Waals surface area contributed by atoms with Gasteiger partial charge in [0.1, 0.15) is 0 Å². The first-order valence-corrected chi connectivity index (χ1v) is 7.97. The molecule has 2 rings (SSSR count). The summed E-state index contributed by atoms with van der Waals surface area (Å²) >= 11 is 0. The summed E-state index contributed by atoms with van der Waals surface area (Å²) in [4.78, 5) is 13.5. The number of nitrogens with zero attached hydrogens (tertiary/aromatic N) is 1. The predicted octanol–water partition coefficient (Wildman–Crippen LogP) is 1.98. The van der Waals surface area contributed by atoms with Crippen molar-refractivity contribution in [2.45, 2.75) is 24.3 Å². The van der Waals surface area contributed by atoms with Crippen molar-refractivity contribution in [1.29, 1.82) is 0 Å². The lowest BCUT2D eigenvalue weighted by atomic mass is 10.2. The van der Waals surface area contributed by atoms with Gasteiger partial charge in [-0.15, -0.1) is 0 Å². The number of halogens is 1. The molecule has 0 aromatic heterocycles. The molecule has 0 aliphatic heterocycles. The van der Waals surface area contributed by atoms with E-state index < -0.39 is 9.05 Å². The third-order valence-corrected chi connectivity index (χ3v) is 4.30. The third kappa shape index (κ3) is 3.23. The summed E-state index contributed by atoms with van der Waals surface area (Å²) < 4.78 is 22.1. The van der Waals surface area contributed by atoms with Crippen molar-refractivity contribution in [1.82, 2.24) is 4.90 Å². The van der Waals surface area contributed by atoms with E-state index in [0.29, 0.717) is 6.54 Å². The molecule has 18 heavy (non-hydrogen) atoms. The summed E-state index contributed by atoms with van der Waals surface area (Å²) in [5.74, 6) is 0.349. The van der Waals surface area contributed by atoms with Crippen molar-refractivity contribution in [3.8, 4) is 0 Å². The second kappa shape index (κ2) is 4.90. The summed E-state index contributed by atoms with van der Waals surface area (Å²) in [6.45, 7) is 0.484. The quantitative estimate of drug-likeness (QED) is 0.796. The Bertz CT molecular complexity index is 549. The Balaban J connectivity index is 2.04. The van der Waals surface area contributed by atoms with E-state index in [1.807, 2.05) is 0 Å². The summed E-state index contributed by atoms with van der Waals surface area (Å²) in [6, 6.07) is 6.25. The van der Waals surface area contributed by atoms with E-state index in [9.17, 15) is 13.2 Å². The van der Waals surface area contributed by atoms with Gasteiger partial charge in [0, 0.05) is 30.2 Å². The molecule has 0 radical (unpaired) electrons. The zero-order valence-electron chi connectivity index (χ0n) is 9.97. The van der Waals surface area contributed by atoms with Gasteiger partial charge < -0.3 is 4.90 Å². The minimum atomic E-state index is -3.68. The van der Waals surface area contributed by atoms with Crippen LogP contribution < -0.4 is 0 Å². The second-order valence-corrected chi connectivity index (χ2v) is 7.12. The largest absolute Gasteiger partial charge is 0.341 e. The topological polar surface area (TPSA) is 54.5 Å². The lowest BCUT2D eigenvalue weighted by molar-refractivity contribution is -0.131. The van der Waals surface area contributed by atoms with Crippen LogP contribution in [0.4, 0.5) is 0 Å². The molecule has 1 aliphatic carbocycles. The van der Waals surface area contributed by atoms with Crippen LogP contribution in [0.15, 0.2) is 29.2 Å². The van der Waals surface area contributed by atoms with Crippen LogP contribution in [0.5, 0.6) is 0 Å². The minimum absolute atomic E-state index is 0.0732. The van der Waals surface area contributed by atoms with Crippen LogP contribution in [0.3, 0.4) is 0 Å². The molecule has 0 N–H and O–H groups in total. The molecular weight excluding hydrogens is 274 g/mol. The molecule has 1 fully saturated rings. The van der Waals surface area contributed by atoms with Gasteiger partial charge >= 0.3 is 0 Å². The number of carbonyl (C=O) groups excluding carboxylic acids is 1. The van der Waals surface area contributed by atoms with Gasteiger partial charge in [0.05, 0.1) is 4.90 Å². The highest BCUT2D eigenvalue weighted by Gasteiger charge is 2.31. The number of amides is 1. The average Bonchev–Trinajstić information content (AvgIpc) is 3.11. The van der Waals surface area contributed by atoms with Crippen LogP contribution in [0.25, 0.3) is 0 Å². The SMILES string of the molecule is CN(Cc1ccc(S(=O)(=O)Cl)cc1)C(=O)C1CC1. The van der Waals surface area contributed by atoms with Gasteiger partial charge in [0.15, 0.2) is 0 Å². The van der Waals surface area contributed by atoms with Crippen molar-refractivity contribution < 1.29 is 13.2 Å². The van der Waals surface area contributed by atoms with Crippen LogP contribution in [-0.4, -0.2) is 26.3 Å². The molecule has 0 unspecified atom stereocenters. The van der Waals surface area contributed by atoms with E-state index >= 15 is 0 Å². The third-order valence-electron chi connectivity index (χ3n) is 2.93. The minimum Gasteiger partial charge on any atom is -0.341 e. The second-order valence-electron chi connectivity index (χ2n) is 4.55. The van der Waals surface area contributed by atoms with Crippen molar-refractivity contribution in [2.75, 3.05) is 7.05 Å². The van der Waals surface area contributed by atoms with Crippen molar-refractivity contribution in [2.24, 2.45) is 5.92 Å². The van der Waals surface area contributed by atoms with Gasteiger partial charge in [-0.1, -0.05) is 12.1 Å². The predicted molar refractivity (Wildman–Crippen MR) is 68.7 cm³/mol. The van der Waals surface area contributed by atoms with Crippen LogP contribution in [0.1, 0.15) is 18.4 Å². The molecular formula is C12H14ClNO3S. The molecule has 4 nitrogen and oxygen atoms in total. The number of rotatable bonds is 4. The summed E-state index contributed by atoms with van der Waals surface area (Å²) in [6.07, 6.45) is 1.96. The maximum absolute atomic E-state index is 11.7. The van der Waals surface area contributed by atoms with E-state index in [1.54, 1.807) is 24.1 Å². The fraction of sp³-hybridized carbons (Fsp3) is 0.417. The molecule has 1 amide bonds. The average molecular weight is 288 g/mol. The normalized spacial score (nSPS) is 15.4. The monoisotopic (exact) mass is 287 g/mol. The molecule has 1 aromatic carbocycles. The smallest absolute Gasteiger partial charge is 0.261 e. The van der Waals surface area contributed by atoms with E-state index in [1.165, 1.54) is 12.1 Å². The highest BCUT2D eigenvalue weighted by molar-refractivity contribution is 8.13. The van der Waals surface area contributed by atoms with E-state index in [2.05, 4.69) is 0 Å². The van der Waals surface area contributed by atoms with Crippen LogP contribution in [0.2, 0.25) is 0 Å². The maximum Gasteiger partial charge on any atom is 0.261 e. The first-order valence-electron chi connectivity index (χ1n) is 5.66. The Morgan fingerprint density at radius 3 is 2.33 bits per heavy atom. The number of carbonyl (C=O) groups is 1. The van der Waals surface area contributed by atoms with Crippen molar-refractivity contribution >= 4 is 25.6 Å². The fourth-order valence-electron chi connectivity index (χ4n) is 1.75. The standard InChI is InChI=1S/C12H14ClNO3S/c1-14(12(15)10-4-5-10)8-9-2-6-11(7-3-9)18(13,16)17/h2-3,6-7,10H,4-5,8H2,1H3. The molecule has 0 heterocycles. The summed E-state index contributed by atoms with van der Waals surface area (Å²) in [7, 11) is 3.31. The molecule has 98 valence electrons. The van der Waals surface area contributed by atoms with E-state index in [-0.39, 0.29) is 16.7 Å². The molecule has 0 saturated heterocycles. The molecule has 0 bridgehead atoms. The lowest BCUT2D eigenvalue weighted by Crippen LogP contribution is -2.27.